The van der Waals surface area contributed by atoms with Gasteiger partial charge in [-0.1, -0.05) is 41.9 Å². The van der Waals surface area contributed by atoms with Gasteiger partial charge in [0.1, 0.15) is 11.4 Å². The summed E-state index contributed by atoms with van der Waals surface area (Å²) in [7, 11) is 3.87. The van der Waals surface area contributed by atoms with Crippen molar-refractivity contribution in [3.05, 3.63) is 136 Å². The van der Waals surface area contributed by atoms with Crippen molar-refractivity contribution >= 4 is 47.4 Å². The summed E-state index contributed by atoms with van der Waals surface area (Å²) in [6.45, 7) is 0. The van der Waals surface area contributed by atoms with Crippen LogP contribution in [-0.4, -0.2) is 38.1 Å². The second-order valence-corrected chi connectivity index (χ2v) is 9.47. The van der Waals surface area contributed by atoms with Crippen LogP contribution in [0.3, 0.4) is 0 Å². The van der Waals surface area contributed by atoms with Crippen molar-refractivity contribution in [2.75, 3.05) is 19.0 Å². The van der Waals surface area contributed by atoms with Gasteiger partial charge in [0.2, 0.25) is 0 Å². The molecule has 4 aromatic carbocycles. The maximum Gasteiger partial charge on any atom is 0.343 e. The predicted molar refractivity (Wildman–Crippen MR) is 161 cm³/mol. The minimum absolute atomic E-state index is 0.0260. The lowest BCUT2D eigenvalue weighted by atomic mass is 10.1. The average Bonchev–Trinajstić information content (AvgIpc) is 2.98. The maximum atomic E-state index is 13.0. The molecule has 0 fully saturated rings. The van der Waals surface area contributed by atoms with Crippen molar-refractivity contribution in [2.24, 2.45) is 5.10 Å². The SMILES string of the molecule is CN(C)c1ccc(/C=C(/NC(=O)c2ccccc2)C(=O)N/N=C\c2ccc(OC(=O)c3ccc(Cl)cc3)cc2)cc1. The van der Waals surface area contributed by atoms with Crippen molar-refractivity contribution in [3.63, 3.8) is 0 Å². The number of nitrogens with one attached hydrogen (secondary N) is 2. The van der Waals surface area contributed by atoms with Gasteiger partial charge in [0.25, 0.3) is 11.8 Å². The summed E-state index contributed by atoms with van der Waals surface area (Å²) in [6.07, 6.45) is 3.01. The van der Waals surface area contributed by atoms with E-state index in [1.54, 1.807) is 84.9 Å². The molecule has 0 aliphatic carbocycles. The minimum Gasteiger partial charge on any atom is -0.423 e. The Morgan fingerprint density at radius 1 is 0.780 bits per heavy atom. The number of benzene rings is 4. The largest absolute Gasteiger partial charge is 0.423 e. The van der Waals surface area contributed by atoms with Gasteiger partial charge in [0, 0.05) is 30.4 Å². The topological polar surface area (TPSA) is 100 Å². The molecule has 8 nitrogen and oxygen atoms in total. The molecule has 0 aliphatic rings. The summed E-state index contributed by atoms with van der Waals surface area (Å²) < 4.78 is 5.37. The van der Waals surface area contributed by atoms with Gasteiger partial charge in [-0.15, -0.1) is 0 Å². The highest BCUT2D eigenvalue weighted by atomic mass is 35.5. The van der Waals surface area contributed by atoms with Crippen LogP contribution in [0.2, 0.25) is 5.02 Å². The number of amides is 2. The molecule has 2 amide bonds. The van der Waals surface area contributed by atoms with Crippen LogP contribution in [0.4, 0.5) is 5.69 Å². The Bertz CT molecular complexity index is 1570. The molecule has 0 spiro atoms. The third kappa shape index (κ3) is 8.39. The van der Waals surface area contributed by atoms with Gasteiger partial charge in [0.15, 0.2) is 0 Å². The van der Waals surface area contributed by atoms with Crippen molar-refractivity contribution in [3.8, 4) is 5.75 Å². The second kappa shape index (κ2) is 13.7. The summed E-state index contributed by atoms with van der Waals surface area (Å²) in [4.78, 5) is 40.1. The van der Waals surface area contributed by atoms with Crippen molar-refractivity contribution in [1.29, 1.82) is 0 Å². The van der Waals surface area contributed by atoms with Gasteiger partial charge in [-0.05, 0) is 90.0 Å². The molecule has 0 aliphatic heterocycles. The quantitative estimate of drug-likeness (QED) is 0.0910. The van der Waals surface area contributed by atoms with Crippen LogP contribution in [0, 0.1) is 0 Å². The number of hydrogen-bond acceptors (Lipinski definition) is 6. The first-order valence-corrected chi connectivity index (χ1v) is 12.9. The van der Waals surface area contributed by atoms with E-state index in [1.807, 2.05) is 43.3 Å². The number of anilines is 1. The van der Waals surface area contributed by atoms with E-state index in [-0.39, 0.29) is 5.70 Å². The van der Waals surface area contributed by atoms with Gasteiger partial charge >= 0.3 is 5.97 Å². The molecular weight excluding hydrogens is 540 g/mol. The monoisotopic (exact) mass is 566 g/mol. The first kappa shape index (κ1) is 28.8. The molecule has 4 rings (SSSR count). The Hall–Kier alpha value is -5.21. The molecule has 206 valence electrons. The fraction of sp³-hybridized carbons (Fsp3) is 0.0625. The van der Waals surface area contributed by atoms with Crippen molar-refractivity contribution in [1.82, 2.24) is 10.7 Å². The zero-order valence-corrected chi connectivity index (χ0v) is 23.1. The van der Waals surface area contributed by atoms with E-state index < -0.39 is 17.8 Å². The molecule has 9 heteroatoms. The highest BCUT2D eigenvalue weighted by Crippen LogP contribution is 2.16. The Balaban J connectivity index is 1.43. The number of carbonyl (C=O) groups excluding carboxylic acids is 3. The van der Waals surface area contributed by atoms with Gasteiger partial charge in [0.05, 0.1) is 11.8 Å². The number of carbonyl (C=O) groups is 3. The Morgan fingerprint density at radius 3 is 2.05 bits per heavy atom. The fourth-order valence-corrected chi connectivity index (χ4v) is 3.70. The van der Waals surface area contributed by atoms with Crippen molar-refractivity contribution < 1.29 is 19.1 Å². The van der Waals surface area contributed by atoms with E-state index >= 15 is 0 Å². The van der Waals surface area contributed by atoms with E-state index in [9.17, 15) is 14.4 Å². The van der Waals surface area contributed by atoms with Gasteiger partial charge in [-0.3, -0.25) is 9.59 Å². The maximum absolute atomic E-state index is 13.0. The number of rotatable bonds is 9. The molecule has 2 N–H and O–H groups in total. The second-order valence-electron chi connectivity index (χ2n) is 9.03. The molecule has 0 saturated heterocycles. The van der Waals surface area contributed by atoms with E-state index in [2.05, 4.69) is 15.8 Å². The summed E-state index contributed by atoms with van der Waals surface area (Å²) in [5.41, 5.74) is 5.63. The molecule has 0 saturated carbocycles. The Kier molecular flexibility index (Phi) is 9.64. The van der Waals surface area contributed by atoms with Crippen LogP contribution < -0.4 is 20.4 Å². The molecule has 4 aromatic rings. The molecule has 0 atom stereocenters. The number of hydrazone groups is 1. The molecule has 0 radical (unpaired) electrons. The van der Waals surface area contributed by atoms with Crippen LogP contribution in [-0.2, 0) is 4.79 Å². The number of halogens is 1. The summed E-state index contributed by atoms with van der Waals surface area (Å²) in [6, 6.07) is 29.1. The van der Waals surface area contributed by atoms with Crippen LogP contribution >= 0.6 is 11.6 Å². The van der Waals surface area contributed by atoms with Gasteiger partial charge in [-0.25, -0.2) is 10.2 Å². The number of ether oxygens (including phenoxy) is 1. The molecule has 0 unspecified atom stereocenters. The molecule has 0 aromatic heterocycles. The van der Waals surface area contributed by atoms with Gasteiger partial charge < -0.3 is 15.0 Å². The van der Waals surface area contributed by atoms with Crippen LogP contribution in [0.5, 0.6) is 5.75 Å². The molecule has 0 heterocycles. The van der Waals surface area contributed by atoms with E-state index in [4.69, 9.17) is 16.3 Å². The standard InChI is InChI=1S/C32H27ClN4O4/c1-37(2)27-16-8-22(9-17-27)20-29(35-30(38)24-6-4-3-5-7-24)31(39)36-34-21-23-10-18-28(19-11-23)41-32(40)25-12-14-26(33)15-13-25/h3-21H,1-2H3,(H,35,38)(H,36,39)/b29-20+,34-21-. The molecule has 41 heavy (non-hydrogen) atoms. The van der Waals surface area contributed by atoms with E-state index in [0.717, 1.165) is 11.3 Å². The minimum atomic E-state index is -0.601. The van der Waals surface area contributed by atoms with Crippen LogP contribution in [0.1, 0.15) is 31.8 Å². The van der Waals surface area contributed by atoms with Crippen LogP contribution in [0.15, 0.2) is 114 Å². The highest BCUT2D eigenvalue weighted by molar-refractivity contribution is 6.30. The zero-order valence-electron chi connectivity index (χ0n) is 22.4. The molecular formula is C32H27ClN4O4. The predicted octanol–water partition coefficient (Wildman–Crippen LogP) is 5.55. The summed E-state index contributed by atoms with van der Waals surface area (Å²) in [5.74, 6) is -1.19. The first-order valence-electron chi connectivity index (χ1n) is 12.6. The Morgan fingerprint density at radius 2 is 1.41 bits per heavy atom. The third-order valence-electron chi connectivity index (χ3n) is 5.80. The normalized spacial score (nSPS) is 11.1. The van der Waals surface area contributed by atoms with Crippen molar-refractivity contribution in [2.45, 2.75) is 0 Å². The first-order chi connectivity index (χ1) is 19.8. The Labute approximate surface area is 242 Å². The lowest BCUT2D eigenvalue weighted by Crippen LogP contribution is -2.32. The lowest BCUT2D eigenvalue weighted by Gasteiger charge is -2.12. The fourth-order valence-electron chi connectivity index (χ4n) is 3.58. The third-order valence-corrected chi connectivity index (χ3v) is 6.05. The smallest absolute Gasteiger partial charge is 0.343 e. The van der Waals surface area contributed by atoms with Crippen LogP contribution in [0.25, 0.3) is 6.08 Å². The van der Waals surface area contributed by atoms with Gasteiger partial charge in [-0.2, -0.15) is 5.10 Å². The molecule has 0 bridgehead atoms. The number of hydrogen-bond donors (Lipinski definition) is 2. The highest BCUT2D eigenvalue weighted by Gasteiger charge is 2.14. The number of esters is 1. The van der Waals surface area contributed by atoms with E-state index in [1.165, 1.54) is 6.21 Å². The van der Waals surface area contributed by atoms with E-state index in [0.29, 0.717) is 27.5 Å². The average molecular weight is 567 g/mol. The number of nitrogens with zero attached hydrogens (tertiary/aromatic N) is 2. The zero-order chi connectivity index (χ0) is 29.2. The summed E-state index contributed by atoms with van der Waals surface area (Å²) in [5, 5.41) is 7.23. The lowest BCUT2D eigenvalue weighted by molar-refractivity contribution is -0.117. The summed E-state index contributed by atoms with van der Waals surface area (Å²) >= 11 is 5.86.